The van der Waals surface area contributed by atoms with E-state index < -0.39 is 0 Å². The normalized spacial score (nSPS) is 11.0. The lowest BCUT2D eigenvalue weighted by atomic mass is 10.0. The molecule has 0 heterocycles. The second-order valence-electron chi connectivity index (χ2n) is 8.80. The molecule has 5 heteroatoms. The fourth-order valence-electron chi connectivity index (χ4n) is 3.96. The molecule has 0 aromatic heterocycles. The van der Waals surface area contributed by atoms with Gasteiger partial charge in [-0.25, -0.2) is 0 Å². The number of thiocarbonyl (C=S) groups is 2. The molecule has 178 valence electrons. The van der Waals surface area contributed by atoms with E-state index >= 15 is 0 Å². The van der Waals surface area contributed by atoms with Crippen LogP contribution in [0.25, 0.3) is 0 Å². The first-order chi connectivity index (χ1) is 14.6. The molecule has 0 aliphatic rings. The summed E-state index contributed by atoms with van der Waals surface area (Å²) in [7, 11) is 0. The zero-order valence-corrected chi connectivity index (χ0v) is 22.9. The summed E-state index contributed by atoms with van der Waals surface area (Å²) in [5, 5.41) is 3.10. The highest BCUT2D eigenvalue weighted by Crippen LogP contribution is 2.15. The van der Waals surface area contributed by atoms with Gasteiger partial charge in [0.1, 0.15) is 4.32 Å². The molecule has 0 atom stereocenters. The van der Waals surface area contributed by atoms with Crippen LogP contribution in [-0.2, 0) is 0 Å². The summed E-state index contributed by atoms with van der Waals surface area (Å²) in [5.41, 5.74) is 0. The molecule has 0 amide bonds. The maximum Gasteiger partial charge on any atom is 0.130 e. The highest BCUT2D eigenvalue weighted by molar-refractivity contribution is 8.11. The first kappa shape index (κ1) is 30.7. The van der Waals surface area contributed by atoms with E-state index in [4.69, 9.17) is 24.4 Å². The summed E-state index contributed by atoms with van der Waals surface area (Å²) < 4.78 is 1.50. The van der Waals surface area contributed by atoms with Crippen LogP contribution < -0.4 is 5.32 Å². The third-order valence-corrected chi connectivity index (χ3v) is 6.57. The monoisotopic (exact) mass is 491 g/mol. The van der Waals surface area contributed by atoms with Crippen LogP contribution in [0.15, 0.2) is 0 Å². The Morgan fingerprint density at radius 1 is 0.433 bits per heavy atom. The minimum Gasteiger partial charge on any atom is -0.371 e. The van der Waals surface area contributed by atoms with Gasteiger partial charge in [0.15, 0.2) is 0 Å². The Hall–Kier alpha value is 0.680. The molecule has 30 heavy (non-hydrogen) atoms. The molecular formula is C25H49NS4. The van der Waals surface area contributed by atoms with Crippen LogP contribution >= 0.6 is 49.7 Å². The average molecular weight is 492 g/mol. The molecule has 0 saturated heterocycles. The number of hydrogen-bond acceptors (Lipinski definition) is 2. The zero-order chi connectivity index (χ0) is 22.1. The first-order valence-electron chi connectivity index (χ1n) is 12.8. The van der Waals surface area contributed by atoms with Gasteiger partial charge in [0.2, 0.25) is 0 Å². The number of unbranched alkanes of at least 4 members (excludes halogenated alkanes) is 20. The third-order valence-electron chi connectivity index (χ3n) is 5.84. The lowest BCUT2D eigenvalue weighted by molar-refractivity contribution is 0.520. The Balaban J connectivity index is 3.02. The van der Waals surface area contributed by atoms with E-state index in [2.05, 4.69) is 30.6 Å². The summed E-state index contributed by atoms with van der Waals surface area (Å²) in [6.45, 7) is 0.982. The molecule has 0 spiro atoms. The van der Waals surface area contributed by atoms with Crippen molar-refractivity contribution in [2.24, 2.45) is 0 Å². The van der Waals surface area contributed by atoms with E-state index in [1.54, 1.807) is 0 Å². The predicted octanol–water partition coefficient (Wildman–Crippen LogP) is 9.63. The third kappa shape index (κ3) is 28.7. The summed E-state index contributed by atoms with van der Waals surface area (Å²) >= 11 is 18.1. The van der Waals surface area contributed by atoms with Gasteiger partial charge in [0, 0.05) is 10.7 Å². The Morgan fingerprint density at radius 3 is 0.967 bits per heavy atom. The van der Waals surface area contributed by atoms with Crippen LogP contribution in [-0.4, -0.2) is 15.1 Å². The van der Waals surface area contributed by atoms with Crippen LogP contribution in [0.1, 0.15) is 141 Å². The Morgan fingerprint density at radius 2 is 0.700 bits per heavy atom. The largest absolute Gasteiger partial charge is 0.371 e. The SMILES string of the molecule is S=C(S)CCCCCCCCCCCCCCCCCCCCCCCNC(=S)S. The minimum absolute atomic E-state index is 0.624. The van der Waals surface area contributed by atoms with Gasteiger partial charge in [-0.05, 0) is 19.3 Å². The molecule has 0 aliphatic heterocycles. The molecule has 0 rings (SSSR count). The van der Waals surface area contributed by atoms with Gasteiger partial charge >= 0.3 is 0 Å². The van der Waals surface area contributed by atoms with Gasteiger partial charge in [0.05, 0.1) is 0 Å². The Bertz CT molecular complexity index is 351. The maximum atomic E-state index is 4.99. The van der Waals surface area contributed by atoms with Gasteiger partial charge in [-0.1, -0.05) is 146 Å². The summed E-state index contributed by atoms with van der Waals surface area (Å²) in [4.78, 5) is 0. The topological polar surface area (TPSA) is 12.0 Å². The molecular weight excluding hydrogens is 443 g/mol. The van der Waals surface area contributed by atoms with Gasteiger partial charge in [0.25, 0.3) is 0 Å². The molecule has 0 unspecified atom stereocenters. The molecule has 1 N–H and O–H groups in total. The lowest BCUT2D eigenvalue weighted by Crippen LogP contribution is -2.17. The minimum atomic E-state index is 0.624. The van der Waals surface area contributed by atoms with E-state index in [-0.39, 0.29) is 0 Å². The van der Waals surface area contributed by atoms with Crippen molar-refractivity contribution in [3.8, 4) is 0 Å². The number of thiol groups is 2. The van der Waals surface area contributed by atoms with E-state index in [1.165, 1.54) is 135 Å². The highest BCUT2D eigenvalue weighted by atomic mass is 32.1. The quantitative estimate of drug-likeness (QED) is 0.0706. The van der Waals surface area contributed by atoms with Crippen LogP contribution in [0.4, 0.5) is 0 Å². The highest BCUT2D eigenvalue weighted by Gasteiger charge is 1.96. The fourth-order valence-corrected chi connectivity index (χ4v) is 4.47. The summed E-state index contributed by atoms with van der Waals surface area (Å²) in [5.74, 6) is 0. The van der Waals surface area contributed by atoms with E-state index in [0.717, 1.165) is 17.2 Å². The summed E-state index contributed by atoms with van der Waals surface area (Å²) in [6.07, 6.45) is 30.4. The van der Waals surface area contributed by atoms with Crippen molar-refractivity contribution >= 4 is 58.2 Å². The Labute approximate surface area is 210 Å². The van der Waals surface area contributed by atoms with Crippen LogP contribution in [0.5, 0.6) is 0 Å². The van der Waals surface area contributed by atoms with Gasteiger partial charge < -0.3 is 5.32 Å². The van der Waals surface area contributed by atoms with Crippen LogP contribution in [0.2, 0.25) is 0 Å². The molecule has 0 fully saturated rings. The average Bonchev–Trinajstić information content (AvgIpc) is 2.70. The molecule has 0 aromatic rings. The standard InChI is InChI=1S/C25H49NS4/c27-24(28)22-20-18-16-14-12-10-8-6-4-2-1-3-5-7-9-11-13-15-17-19-21-23-26-25(29)30/h1-23H2,(H,27,28)(H2,26,29,30). The van der Waals surface area contributed by atoms with E-state index in [9.17, 15) is 0 Å². The number of hydrogen-bond donors (Lipinski definition) is 3. The second kappa shape index (κ2) is 25.9. The first-order valence-corrected chi connectivity index (χ1v) is 14.5. The number of nitrogens with one attached hydrogen (secondary N) is 1. The van der Waals surface area contributed by atoms with Crippen molar-refractivity contribution in [1.82, 2.24) is 5.32 Å². The Kier molecular flexibility index (Phi) is 26.5. The predicted molar refractivity (Wildman–Crippen MR) is 153 cm³/mol. The van der Waals surface area contributed by atoms with Crippen LogP contribution in [0, 0.1) is 0 Å². The fraction of sp³-hybridized carbons (Fsp3) is 0.920. The molecule has 0 bridgehead atoms. The van der Waals surface area contributed by atoms with Crippen LogP contribution in [0.3, 0.4) is 0 Å². The lowest BCUT2D eigenvalue weighted by Gasteiger charge is -2.05. The van der Waals surface area contributed by atoms with Crippen molar-refractivity contribution in [2.45, 2.75) is 141 Å². The zero-order valence-electron chi connectivity index (χ0n) is 19.5. The van der Waals surface area contributed by atoms with Crippen molar-refractivity contribution in [2.75, 3.05) is 6.54 Å². The molecule has 0 radical (unpaired) electrons. The second-order valence-corrected chi connectivity index (χ2v) is 11.3. The molecule has 1 nitrogen and oxygen atoms in total. The van der Waals surface area contributed by atoms with Gasteiger partial charge in [-0.15, -0.1) is 25.3 Å². The molecule has 0 aliphatic carbocycles. The summed E-state index contributed by atoms with van der Waals surface area (Å²) in [6, 6.07) is 0. The van der Waals surface area contributed by atoms with Gasteiger partial charge in [-0.3, -0.25) is 0 Å². The van der Waals surface area contributed by atoms with Gasteiger partial charge in [-0.2, -0.15) is 0 Å². The van der Waals surface area contributed by atoms with Crippen molar-refractivity contribution < 1.29 is 0 Å². The van der Waals surface area contributed by atoms with E-state index in [1.807, 2.05) is 0 Å². The number of rotatable bonds is 24. The maximum absolute atomic E-state index is 4.99. The molecule has 0 saturated carbocycles. The van der Waals surface area contributed by atoms with E-state index in [0.29, 0.717) is 4.32 Å². The van der Waals surface area contributed by atoms with Crippen molar-refractivity contribution in [3.63, 3.8) is 0 Å². The molecule has 0 aromatic carbocycles. The van der Waals surface area contributed by atoms with Crippen molar-refractivity contribution in [3.05, 3.63) is 0 Å². The smallest absolute Gasteiger partial charge is 0.130 e. The van der Waals surface area contributed by atoms with Crippen molar-refractivity contribution in [1.29, 1.82) is 0 Å².